The number of hydrogen-bond donors (Lipinski definition) is 1. The van der Waals surface area contributed by atoms with E-state index in [9.17, 15) is 9.59 Å². The molecule has 7 heteroatoms. The third-order valence-corrected chi connectivity index (χ3v) is 4.52. The summed E-state index contributed by atoms with van der Waals surface area (Å²) in [4.78, 5) is 26.6. The van der Waals surface area contributed by atoms with Gasteiger partial charge in [-0.15, -0.1) is 5.10 Å². The minimum Gasteiger partial charge on any atom is -0.339 e. The van der Waals surface area contributed by atoms with E-state index in [4.69, 9.17) is 0 Å². The summed E-state index contributed by atoms with van der Waals surface area (Å²) in [6.07, 6.45) is 0. The van der Waals surface area contributed by atoms with Crippen molar-refractivity contribution in [1.29, 1.82) is 0 Å². The standard InChI is InChI=1S/C20H23N5O2/c1-4-24(5-2)20(27)14-7-10-16(11-8-14)21-19(26)15-9-12-18-17(13-15)22-23-25(18)6-3/h7-13H,4-6H2,1-3H3,(H,21,26). The lowest BCUT2D eigenvalue weighted by atomic mass is 10.1. The van der Waals surface area contributed by atoms with E-state index in [0.29, 0.717) is 35.4 Å². The molecular weight excluding hydrogens is 342 g/mol. The Morgan fingerprint density at radius 2 is 1.67 bits per heavy atom. The Balaban J connectivity index is 1.73. The molecule has 0 aliphatic rings. The number of rotatable bonds is 6. The van der Waals surface area contributed by atoms with Crippen molar-refractivity contribution in [2.75, 3.05) is 18.4 Å². The first kappa shape index (κ1) is 18.6. The second-order valence-electron chi connectivity index (χ2n) is 6.12. The zero-order valence-electron chi connectivity index (χ0n) is 15.8. The van der Waals surface area contributed by atoms with Crippen LogP contribution in [0.25, 0.3) is 11.0 Å². The van der Waals surface area contributed by atoms with Gasteiger partial charge in [0.2, 0.25) is 0 Å². The Kier molecular flexibility index (Phi) is 5.49. The van der Waals surface area contributed by atoms with E-state index in [1.165, 1.54) is 0 Å². The second kappa shape index (κ2) is 7.99. The van der Waals surface area contributed by atoms with E-state index in [0.717, 1.165) is 12.1 Å². The van der Waals surface area contributed by atoms with E-state index < -0.39 is 0 Å². The molecule has 7 nitrogen and oxygen atoms in total. The second-order valence-corrected chi connectivity index (χ2v) is 6.12. The average Bonchev–Trinajstić information content (AvgIpc) is 3.11. The van der Waals surface area contributed by atoms with Gasteiger partial charge in [0.15, 0.2) is 0 Å². The number of carbonyl (C=O) groups excluding carboxylic acids is 2. The fourth-order valence-corrected chi connectivity index (χ4v) is 2.94. The molecule has 1 N–H and O–H groups in total. The minimum absolute atomic E-state index is 0.0117. The Morgan fingerprint density at radius 3 is 2.30 bits per heavy atom. The zero-order valence-corrected chi connectivity index (χ0v) is 15.8. The molecule has 1 aromatic heterocycles. The highest BCUT2D eigenvalue weighted by Crippen LogP contribution is 2.16. The number of fused-ring (bicyclic) bond motifs is 1. The number of aromatic nitrogens is 3. The van der Waals surface area contributed by atoms with Gasteiger partial charge >= 0.3 is 0 Å². The maximum absolute atomic E-state index is 12.5. The molecule has 140 valence electrons. The van der Waals surface area contributed by atoms with Crippen LogP contribution in [0.2, 0.25) is 0 Å². The molecule has 0 aliphatic carbocycles. The van der Waals surface area contributed by atoms with Crippen LogP contribution in [0.3, 0.4) is 0 Å². The number of hydrogen-bond acceptors (Lipinski definition) is 4. The fourth-order valence-electron chi connectivity index (χ4n) is 2.94. The fraction of sp³-hybridized carbons (Fsp3) is 0.300. The van der Waals surface area contributed by atoms with Gasteiger partial charge in [0, 0.05) is 36.4 Å². The van der Waals surface area contributed by atoms with Crippen LogP contribution < -0.4 is 5.32 Å². The molecule has 0 spiro atoms. The first-order valence-corrected chi connectivity index (χ1v) is 9.11. The van der Waals surface area contributed by atoms with Crippen molar-refractivity contribution in [3.05, 3.63) is 53.6 Å². The molecular formula is C20H23N5O2. The maximum atomic E-state index is 12.5. The van der Waals surface area contributed by atoms with Crippen LogP contribution in [-0.2, 0) is 6.54 Å². The van der Waals surface area contributed by atoms with Crippen LogP contribution in [0.15, 0.2) is 42.5 Å². The van der Waals surface area contributed by atoms with Gasteiger partial charge in [-0.1, -0.05) is 5.21 Å². The Morgan fingerprint density at radius 1 is 1.00 bits per heavy atom. The molecule has 3 rings (SSSR count). The molecule has 0 fully saturated rings. The Bertz CT molecular complexity index is 958. The number of anilines is 1. The van der Waals surface area contributed by atoms with Crippen LogP contribution in [-0.4, -0.2) is 44.8 Å². The number of benzene rings is 2. The van der Waals surface area contributed by atoms with Gasteiger partial charge in [-0.25, -0.2) is 4.68 Å². The lowest BCUT2D eigenvalue weighted by Gasteiger charge is -2.18. The number of nitrogens with one attached hydrogen (secondary N) is 1. The smallest absolute Gasteiger partial charge is 0.255 e. The lowest BCUT2D eigenvalue weighted by molar-refractivity contribution is 0.0773. The zero-order chi connectivity index (χ0) is 19.4. The van der Waals surface area contributed by atoms with Crippen molar-refractivity contribution >= 4 is 28.5 Å². The van der Waals surface area contributed by atoms with Gasteiger partial charge in [0.25, 0.3) is 11.8 Å². The summed E-state index contributed by atoms with van der Waals surface area (Å²) < 4.78 is 1.78. The van der Waals surface area contributed by atoms with Crippen LogP contribution in [0.4, 0.5) is 5.69 Å². The molecule has 1 heterocycles. The van der Waals surface area contributed by atoms with E-state index >= 15 is 0 Å². The molecule has 0 atom stereocenters. The Hall–Kier alpha value is -3.22. The highest BCUT2D eigenvalue weighted by atomic mass is 16.2. The summed E-state index contributed by atoms with van der Waals surface area (Å²) in [5.74, 6) is -0.242. The molecule has 0 aliphatic heterocycles. The van der Waals surface area contributed by atoms with Crippen molar-refractivity contribution in [3.8, 4) is 0 Å². The molecule has 2 aromatic carbocycles. The van der Waals surface area contributed by atoms with Crippen molar-refractivity contribution in [3.63, 3.8) is 0 Å². The first-order valence-electron chi connectivity index (χ1n) is 9.11. The third kappa shape index (κ3) is 3.81. The van der Waals surface area contributed by atoms with E-state index in [2.05, 4.69) is 15.6 Å². The average molecular weight is 365 g/mol. The monoisotopic (exact) mass is 365 g/mol. The molecule has 27 heavy (non-hydrogen) atoms. The summed E-state index contributed by atoms with van der Waals surface area (Å²) in [7, 11) is 0. The molecule has 0 saturated heterocycles. The van der Waals surface area contributed by atoms with Gasteiger partial charge in [-0.05, 0) is 63.2 Å². The predicted molar refractivity (Wildman–Crippen MR) is 105 cm³/mol. The molecule has 0 bridgehead atoms. The van der Waals surface area contributed by atoms with Crippen LogP contribution in [0, 0.1) is 0 Å². The first-order chi connectivity index (χ1) is 13.1. The normalized spacial score (nSPS) is 10.8. The minimum atomic E-state index is -0.231. The van der Waals surface area contributed by atoms with Gasteiger partial charge in [-0.3, -0.25) is 9.59 Å². The Labute approximate surface area is 158 Å². The van der Waals surface area contributed by atoms with E-state index in [1.54, 1.807) is 46.0 Å². The van der Waals surface area contributed by atoms with Crippen molar-refractivity contribution in [1.82, 2.24) is 19.9 Å². The van der Waals surface area contributed by atoms with E-state index in [1.807, 2.05) is 26.8 Å². The SMILES string of the molecule is CCN(CC)C(=O)c1ccc(NC(=O)c2ccc3c(c2)nnn3CC)cc1. The molecule has 0 unspecified atom stereocenters. The number of carbonyl (C=O) groups is 2. The van der Waals surface area contributed by atoms with Gasteiger partial charge in [0.1, 0.15) is 5.52 Å². The van der Waals surface area contributed by atoms with Crippen LogP contribution in [0.5, 0.6) is 0 Å². The molecule has 0 saturated carbocycles. The summed E-state index contributed by atoms with van der Waals surface area (Å²) in [5.41, 5.74) is 3.33. The summed E-state index contributed by atoms with van der Waals surface area (Å²) in [5, 5.41) is 11.0. The van der Waals surface area contributed by atoms with Crippen LogP contribution >= 0.6 is 0 Å². The molecule has 3 aromatic rings. The third-order valence-electron chi connectivity index (χ3n) is 4.52. The molecule has 0 radical (unpaired) electrons. The summed E-state index contributed by atoms with van der Waals surface area (Å²) in [6.45, 7) is 7.94. The molecule has 2 amide bonds. The van der Waals surface area contributed by atoms with Crippen molar-refractivity contribution in [2.24, 2.45) is 0 Å². The van der Waals surface area contributed by atoms with Gasteiger partial charge < -0.3 is 10.2 Å². The predicted octanol–water partition coefficient (Wildman–Crippen LogP) is 3.19. The van der Waals surface area contributed by atoms with Crippen molar-refractivity contribution < 1.29 is 9.59 Å². The highest BCUT2D eigenvalue weighted by molar-refractivity contribution is 6.06. The summed E-state index contributed by atoms with van der Waals surface area (Å²) in [6, 6.07) is 12.3. The topological polar surface area (TPSA) is 80.1 Å². The quantitative estimate of drug-likeness (QED) is 0.727. The lowest BCUT2D eigenvalue weighted by Crippen LogP contribution is -2.30. The van der Waals surface area contributed by atoms with E-state index in [-0.39, 0.29) is 11.8 Å². The maximum Gasteiger partial charge on any atom is 0.255 e. The number of nitrogens with zero attached hydrogens (tertiary/aromatic N) is 4. The summed E-state index contributed by atoms with van der Waals surface area (Å²) >= 11 is 0. The number of amides is 2. The van der Waals surface area contributed by atoms with Crippen LogP contribution in [0.1, 0.15) is 41.5 Å². The van der Waals surface area contributed by atoms with Gasteiger partial charge in [-0.2, -0.15) is 0 Å². The largest absolute Gasteiger partial charge is 0.339 e. The highest BCUT2D eigenvalue weighted by Gasteiger charge is 2.13. The van der Waals surface area contributed by atoms with Gasteiger partial charge in [0.05, 0.1) is 5.52 Å². The number of aryl methyl sites for hydroxylation is 1. The van der Waals surface area contributed by atoms with Crippen molar-refractivity contribution in [2.45, 2.75) is 27.3 Å².